The Morgan fingerprint density at radius 2 is 2.22 bits per heavy atom. The molecule has 1 aliphatic carbocycles. The third-order valence-corrected chi connectivity index (χ3v) is 2.31. The monoisotopic (exact) mass is 143 g/mol. The van der Waals surface area contributed by atoms with Gasteiger partial charge in [-0.2, -0.15) is 5.26 Å². The van der Waals surface area contributed by atoms with Gasteiger partial charge in [0.25, 0.3) is 0 Å². The summed E-state index contributed by atoms with van der Waals surface area (Å²) < 4.78 is 0. The van der Waals surface area contributed by atoms with Gasteiger partial charge in [0, 0.05) is 5.88 Å². The average molecular weight is 144 g/mol. The molecule has 0 atom stereocenters. The van der Waals surface area contributed by atoms with E-state index in [2.05, 4.69) is 6.07 Å². The molecule has 0 radical (unpaired) electrons. The molecule has 1 aliphatic rings. The zero-order chi connectivity index (χ0) is 6.74. The highest BCUT2D eigenvalue weighted by molar-refractivity contribution is 6.17. The maximum atomic E-state index is 8.66. The fourth-order valence-electron chi connectivity index (χ4n) is 1.20. The number of halogens is 1. The molecule has 0 spiro atoms. The van der Waals surface area contributed by atoms with E-state index in [0.717, 1.165) is 19.3 Å². The number of rotatable bonds is 2. The lowest BCUT2D eigenvalue weighted by molar-refractivity contribution is 0.208. The average Bonchev–Trinajstić information content (AvgIpc) is 1.79. The SMILES string of the molecule is N#CC1(CCCl)CCC1. The molecule has 0 aromatic rings. The molecule has 0 bridgehead atoms. The largest absolute Gasteiger partial charge is 0.198 e. The van der Waals surface area contributed by atoms with Gasteiger partial charge in [-0.3, -0.25) is 0 Å². The van der Waals surface area contributed by atoms with Crippen molar-refractivity contribution in [3.63, 3.8) is 0 Å². The molecule has 1 nitrogen and oxygen atoms in total. The zero-order valence-corrected chi connectivity index (χ0v) is 6.12. The van der Waals surface area contributed by atoms with Crippen LogP contribution in [0.2, 0.25) is 0 Å². The molecule has 0 amide bonds. The first-order chi connectivity index (χ1) is 4.33. The summed E-state index contributed by atoms with van der Waals surface area (Å²) >= 11 is 5.53. The van der Waals surface area contributed by atoms with Crippen LogP contribution in [-0.4, -0.2) is 5.88 Å². The quantitative estimate of drug-likeness (QED) is 0.545. The Morgan fingerprint density at radius 3 is 2.33 bits per heavy atom. The molecule has 0 unspecified atom stereocenters. The zero-order valence-electron chi connectivity index (χ0n) is 5.36. The first-order valence-corrected chi connectivity index (χ1v) is 3.84. The summed E-state index contributed by atoms with van der Waals surface area (Å²) in [5.41, 5.74) is -0.0122. The third-order valence-electron chi connectivity index (χ3n) is 2.12. The predicted molar refractivity (Wildman–Crippen MR) is 37.2 cm³/mol. The van der Waals surface area contributed by atoms with E-state index in [1.807, 2.05) is 0 Å². The summed E-state index contributed by atoms with van der Waals surface area (Å²) in [5, 5.41) is 8.66. The minimum atomic E-state index is -0.0122. The second-order valence-corrected chi connectivity index (χ2v) is 3.06. The van der Waals surface area contributed by atoms with Gasteiger partial charge in [0.2, 0.25) is 0 Å². The molecule has 50 valence electrons. The first-order valence-electron chi connectivity index (χ1n) is 3.30. The van der Waals surface area contributed by atoms with E-state index in [1.54, 1.807) is 0 Å². The van der Waals surface area contributed by atoms with E-state index in [-0.39, 0.29) is 5.41 Å². The van der Waals surface area contributed by atoms with Gasteiger partial charge in [-0.05, 0) is 19.3 Å². The van der Waals surface area contributed by atoms with Crippen molar-refractivity contribution in [1.29, 1.82) is 5.26 Å². The van der Waals surface area contributed by atoms with Crippen molar-refractivity contribution >= 4 is 11.6 Å². The molecule has 9 heavy (non-hydrogen) atoms. The van der Waals surface area contributed by atoms with Crippen LogP contribution in [0.15, 0.2) is 0 Å². The van der Waals surface area contributed by atoms with E-state index < -0.39 is 0 Å². The minimum absolute atomic E-state index is 0.0122. The van der Waals surface area contributed by atoms with Gasteiger partial charge in [0.05, 0.1) is 11.5 Å². The molecule has 1 saturated carbocycles. The van der Waals surface area contributed by atoms with Crippen molar-refractivity contribution in [2.45, 2.75) is 25.7 Å². The summed E-state index contributed by atoms with van der Waals surface area (Å²) in [6.45, 7) is 0. The topological polar surface area (TPSA) is 23.8 Å². The number of nitrogens with zero attached hydrogens (tertiary/aromatic N) is 1. The van der Waals surface area contributed by atoms with Gasteiger partial charge in [-0.1, -0.05) is 6.42 Å². The van der Waals surface area contributed by atoms with Crippen molar-refractivity contribution in [2.24, 2.45) is 5.41 Å². The van der Waals surface area contributed by atoms with Crippen LogP contribution in [0.25, 0.3) is 0 Å². The van der Waals surface area contributed by atoms with Crippen LogP contribution in [0.4, 0.5) is 0 Å². The van der Waals surface area contributed by atoms with Gasteiger partial charge in [0.1, 0.15) is 0 Å². The van der Waals surface area contributed by atoms with E-state index in [0.29, 0.717) is 5.88 Å². The molecule has 0 aromatic carbocycles. The van der Waals surface area contributed by atoms with Crippen molar-refractivity contribution in [1.82, 2.24) is 0 Å². The maximum Gasteiger partial charge on any atom is 0.0690 e. The fraction of sp³-hybridized carbons (Fsp3) is 0.857. The molecule has 1 rings (SSSR count). The number of alkyl halides is 1. The van der Waals surface area contributed by atoms with Crippen LogP contribution in [-0.2, 0) is 0 Å². The second kappa shape index (κ2) is 2.58. The van der Waals surface area contributed by atoms with Crippen molar-refractivity contribution < 1.29 is 0 Å². The van der Waals surface area contributed by atoms with Crippen LogP contribution in [0.1, 0.15) is 25.7 Å². The number of hydrogen-bond donors (Lipinski definition) is 0. The molecule has 0 heterocycles. The van der Waals surface area contributed by atoms with Crippen LogP contribution in [0.5, 0.6) is 0 Å². The molecule has 0 N–H and O–H groups in total. The van der Waals surface area contributed by atoms with Gasteiger partial charge in [0.15, 0.2) is 0 Å². The van der Waals surface area contributed by atoms with Crippen LogP contribution in [0.3, 0.4) is 0 Å². The van der Waals surface area contributed by atoms with Gasteiger partial charge in [-0.15, -0.1) is 11.6 Å². The molecule has 0 aliphatic heterocycles. The highest BCUT2D eigenvalue weighted by atomic mass is 35.5. The number of hydrogen-bond acceptors (Lipinski definition) is 1. The molecular formula is C7H10ClN. The summed E-state index contributed by atoms with van der Waals surface area (Å²) in [6, 6.07) is 2.33. The summed E-state index contributed by atoms with van der Waals surface area (Å²) in [5.74, 6) is 0.633. The Hall–Kier alpha value is -0.220. The first kappa shape index (κ1) is 6.89. The summed E-state index contributed by atoms with van der Waals surface area (Å²) in [7, 11) is 0. The highest BCUT2D eigenvalue weighted by Crippen LogP contribution is 2.43. The second-order valence-electron chi connectivity index (χ2n) is 2.68. The Kier molecular flexibility index (Phi) is 1.97. The molecule has 2 heteroatoms. The molecule has 0 aromatic heterocycles. The van der Waals surface area contributed by atoms with Crippen LogP contribution < -0.4 is 0 Å². The maximum absolute atomic E-state index is 8.66. The van der Waals surface area contributed by atoms with Crippen molar-refractivity contribution in [3.8, 4) is 6.07 Å². The Labute approximate surface area is 60.6 Å². The predicted octanol–water partition coefficient (Wildman–Crippen LogP) is 2.31. The highest BCUT2D eigenvalue weighted by Gasteiger charge is 2.35. The van der Waals surface area contributed by atoms with Gasteiger partial charge in [-0.25, -0.2) is 0 Å². The van der Waals surface area contributed by atoms with E-state index in [4.69, 9.17) is 16.9 Å². The molecule has 1 fully saturated rings. The fourth-order valence-corrected chi connectivity index (χ4v) is 1.56. The van der Waals surface area contributed by atoms with Gasteiger partial charge < -0.3 is 0 Å². The third kappa shape index (κ3) is 1.19. The lowest BCUT2D eigenvalue weighted by Crippen LogP contribution is -2.27. The van der Waals surface area contributed by atoms with E-state index >= 15 is 0 Å². The Morgan fingerprint density at radius 1 is 1.56 bits per heavy atom. The summed E-state index contributed by atoms with van der Waals surface area (Å²) in [4.78, 5) is 0. The van der Waals surface area contributed by atoms with Crippen LogP contribution in [0, 0.1) is 16.7 Å². The van der Waals surface area contributed by atoms with Crippen LogP contribution >= 0.6 is 11.6 Å². The lowest BCUT2D eigenvalue weighted by Gasteiger charge is -2.34. The van der Waals surface area contributed by atoms with Gasteiger partial charge >= 0.3 is 0 Å². The number of nitriles is 1. The normalized spacial score (nSPS) is 22.2. The smallest absolute Gasteiger partial charge is 0.0690 e. The van der Waals surface area contributed by atoms with E-state index in [9.17, 15) is 0 Å². The lowest BCUT2D eigenvalue weighted by atomic mass is 9.68. The van der Waals surface area contributed by atoms with E-state index in [1.165, 1.54) is 6.42 Å². The Balaban J connectivity index is 2.40. The minimum Gasteiger partial charge on any atom is -0.198 e. The Bertz CT molecular complexity index is 132. The standard InChI is InChI=1S/C7H10ClN/c8-5-4-7(6-9)2-1-3-7/h1-5H2. The molecule has 0 saturated heterocycles. The summed E-state index contributed by atoms with van der Waals surface area (Å²) in [6.07, 6.45) is 4.22. The van der Waals surface area contributed by atoms with Crippen molar-refractivity contribution in [3.05, 3.63) is 0 Å². The van der Waals surface area contributed by atoms with Crippen molar-refractivity contribution in [2.75, 3.05) is 5.88 Å². The molecular weight excluding hydrogens is 134 g/mol.